The summed E-state index contributed by atoms with van der Waals surface area (Å²) in [5.74, 6) is -0.327. The Labute approximate surface area is 181 Å². The first-order valence-electron chi connectivity index (χ1n) is 9.54. The third-order valence-corrected chi connectivity index (χ3v) is 5.68. The fourth-order valence-corrected chi connectivity index (χ4v) is 4.09. The lowest BCUT2D eigenvalue weighted by atomic mass is 10.2. The van der Waals surface area contributed by atoms with E-state index >= 15 is 0 Å². The monoisotopic (exact) mass is 442 g/mol. The zero-order chi connectivity index (χ0) is 21.8. The Hall–Kier alpha value is -3.26. The standard InChI is InChI=1S/C23H18F3N3OS/c24-23(25,26)17-9-6-10-18(13-17)27-21(30)15-31-22-28-19-11-4-5-12-20(19)29(22)14-16-7-2-1-3-8-16/h1-13H,14-15H2,(H,27,30)/p+1. The molecule has 0 atom stereocenters. The van der Waals surface area contributed by atoms with Crippen LogP contribution in [0.1, 0.15) is 11.1 Å². The maximum absolute atomic E-state index is 12.9. The number of anilines is 1. The van der Waals surface area contributed by atoms with E-state index in [0.29, 0.717) is 6.54 Å². The minimum Gasteiger partial charge on any atom is -0.325 e. The van der Waals surface area contributed by atoms with Gasteiger partial charge in [0.2, 0.25) is 5.91 Å². The molecule has 0 aliphatic rings. The highest BCUT2D eigenvalue weighted by Crippen LogP contribution is 2.30. The fourth-order valence-electron chi connectivity index (χ4n) is 3.25. The summed E-state index contributed by atoms with van der Waals surface area (Å²) in [5, 5.41) is 3.34. The molecule has 0 spiro atoms. The van der Waals surface area contributed by atoms with Gasteiger partial charge >= 0.3 is 11.3 Å². The number of rotatable bonds is 6. The molecule has 0 aliphatic heterocycles. The maximum Gasteiger partial charge on any atom is 0.416 e. The number of thioether (sulfide) groups is 1. The molecule has 0 saturated carbocycles. The van der Waals surface area contributed by atoms with Gasteiger partial charge in [-0.3, -0.25) is 4.79 Å². The minimum atomic E-state index is -4.46. The van der Waals surface area contributed by atoms with E-state index in [9.17, 15) is 18.0 Å². The lowest BCUT2D eigenvalue weighted by Crippen LogP contribution is -2.35. The fraction of sp³-hybridized carbons (Fsp3) is 0.130. The van der Waals surface area contributed by atoms with Gasteiger partial charge in [-0.25, -0.2) is 9.55 Å². The first-order chi connectivity index (χ1) is 14.9. The van der Waals surface area contributed by atoms with E-state index in [-0.39, 0.29) is 17.3 Å². The van der Waals surface area contributed by atoms with Crippen LogP contribution in [0.4, 0.5) is 18.9 Å². The van der Waals surface area contributed by atoms with E-state index in [0.717, 1.165) is 33.9 Å². The maximum atomic E-state index is 12.9. The molecule has 0 bridgehead atoms. The van der Waals surface area contributed by atoms with Crippen LogP contribution in [0.2, 0.25) is 0 Å². The van der Waals surface area contributed by atoms with Gasteiger partial charge in [0, 0.05) is 5.69 Å². The van der Waals surface area contributed by atoms with Crippen LogP contribution in [0.15, 0.2) is 84.0 Å². The van der Waals surface area contributed by atoms with Crippen LogP contribution in [0.3, 0.4) is 0 Å². The summed E-state index contributed by atoms with van der Waals surface area (Å²) in [6.07, 6.45) is -4.46. The number of carbonyl (C=O) groups is 1. The molecule has 0 fully saturated rings. The number of para-hydroxylation sites is 2. The predicted molar refractivity (Wildman–Crippen MR) is 115 cm³/mol. The van der Waals surface area contributed by atoms with Crippen molar-refractivity contribution in [2.75, 3.05) is 11.1 Å². The molecule has 0 radical (unpaired) electrons. The Balaban J connectivity index is 1.50. The van der Waals surface area contributed by atoms with Crippen LogP contribution in [0.25, 0.3) is 11.0 Å². The van der Waals surface area contributed by atoms with Crippen molar-refractivity contribution >= 4 is 34.4 Å². The number of aromatic nitrogens is 2. The van der Waals surface area contributed by atoms with Gasteiger partial charge in [0.15, 0.2) is 11.0 Å². The molecule has 4 nitrogen and oxygen atoms in total. The van der Waals surface area contributed by atoms with Crippen LogP contribution in [0.5, 0.6) is 0 Å². The van der Waals surface area contributed by atoms with Gasteiger partial charge in [0.05, 0.1) is 11.3 Å². The van der Waals surface area contributed by atoms with Crippen molar-refractivity contribution in [1.82, 2.24) is 4.98 Å². The lowest BCUT2D eigenvalue weighted by Gasteiger charge is -2.09. The van der Waals surface area contributed by atoms with Crippen LogP contribution in [0, 0.1) is 0 Å². The molecule has 0 saturated heterocycles. The number of imidazole rings is 1. The third kappa shape index (κ3) is 5.08. The molecule has 1 heterocycles. The van der Waals surface area contributed by atoms with E-state index in [4.69, 9.17) is 0 Å². The molecule has 0 unspecified atom stereocenters. The van der Waals surface area contributed by atoms with Gasteiger partial charge < -0.3 is 5.32 Å². The second kappa shape index (κ2) is 8.85. The Bertz CT molecular complexity index is 1210. The number of hydrogen-bond donors (Lipinski definition) is 2. The molecule has 0 aliphatic carbocycles. The number of hydrogen-bond acceptors (Lipinski definition) is 2. The normalized spacial score (nSPS) is 11.6. The summed E-state index contributed by atoms with van der Waals surface area (Å²) in [7, 11) is 0. The summed E-state index contributed by atoms with van der Waals surface area (Å²) >= 11 is 1.30. The molecular formula is C23H19F3N3OS+. The molecule has 3 aromatic carbocycles. The van der Waals surface area contributed by atoms with Crippen molar-refractivity contribution in [3.63, 3.8) is 0 Å². The average molecular weight is 442 g/mol. The molecule has 1 aromatic heterocycles. The van der Waals surface area contributed by atoms with E-state index in [1.807, 2.05) is 54.6 Å². The summed E-state index contributed by atoms with van der Waals surface area (Å²) in [6.45, 7) is 0.627. The summed E-state index contributed by atoms with van der Waals surface area (Å²) in [5.41, 5.74) is 2.39. The zero-order valence-corrected chi connectivity index (χ0v) is 17.1. The summed E-state index contributed by atoms with van der Waals surface area (Å²) < 4.78 is 40.7. The van der Waals surface area contributed by atoms with Crippen molar-refractivity contribution in [1.29, 1.82) is 0 Å². The number of fused-ring (bicyclic) bond motifs is 1. The van der Waals surface area contributed by atoms with Gasteiger partial charge in [0.1, 0.15) is 6.54 Å². The Morgan fingerprint density at radius 2 is 1.71 bits per heavy atom. The number of alkyl halides is 3. The Morgan fingerprint density at radius 1 is 0.968 bits per heavy atom. The molecular weight excluding hydrogens is 423 g/mol. The second-order valence-corrected chi connectivity index (χ2v) is 7.90. The number of nitrogens with one attached hydrogen (secondary N) is 2. The van der Waals surface area contributed by atoms with Gasteiger partial charge in [-0.05, 0) is 47.7 Å². The highest BCUT2D eigenvalue weighted by atomic mass is 32.2. The Morgan fingerprint density at radius 3 is 2.48 bits per heavy atom. The molecule has 8 heteroatoms. The van der Waals surface area contributed by atoms with Crippen molar-refractivity contribution < 1.29 is 22.5 Å². The van der Waals surface area contributed by atoms with Crippen LogP contribution in [-0.4, -0.2) is 16.6 Å². The number of H-pyrrole nitrogens is 1. The van der Waals surface area contributed by atoms with E-state index in [1.54, 1.807) is 0 Å². The van der Waals surface area contributed by atoms with Crippen molar-refractivity contribution in [2.45, 2.75) is 17.9 Å². The second-order valence-electron chi connectivity index (χ2n) is 6.93. The quantitative estimate of drug-likeness (QED) is 0.316. The highest BCUT2D eigenvalue weighted by molar-refractivity contribution is 7.99. The van der Waals surface area contributed by atoms with E-state index in [1.165, 1.54) is 23.9 Å². The molecule has 158 valence electrons. The number of amides is 1. The zero-order valence-electron chi connectivity index (χ0n) is 16.3. The topological polar surface area (TPSA) is 48.8 Å². The number of nitrogens with zero attached hydrogens (tertiary/aromatic N) is 1. The lowest BCUT2D eigenvalue weighted by molar-refractivity contribution is -0.700. The number of carbonyl (C=O) groups excluding carboxylic acids is 1. The predicted octanol–water partition coefficient (Wildman–Crippen LogP) is 5.25. The largest absolute Gasteiger partial charge is 0.416 e. The number of halogens is 3. The first kappa shape index (κ1) is 21.0. The minimum absolute atomic E-state index is 0.0534. The van der Waals surface area contributed by atoms with Crippen molar-refractivity contribution in [2.24, 2.45) is 0 Å². The third-order valence-electron chi connectivity index (χ3n) is 4.68. The van der Waals surface area contributed by atoms with Crippen LogP contribution in [-0.2, 0) is 17.5 Å². The summed E-state index contributed by atoms with van der Waals surface area (Å²) in [4.78, 5) is 15.7. The first-order valence-corrected chi connectivity index (χ1v) is 10.5. The number of aromatic amines is 1. The van der Waals surface area contributed by atoms with Gasteiger partial charge in [-0.15, -0.1) is 0 Å². The van der Waals surface area contributed by atoms with Crippen LogP contribution < -0.4 is 9.88 Å². The molecule has 4 aromatic rings. The molecule has 1 amide bonds. The summed E-state index contributed by atoms with van der Waals surface area (Å²) in [6, 6.07) is 22.4. The smallest absolute Gasteiger partial charge is 0.325 e. The van der Waals surface area contributed by atoms with Gasteiger partial charge in [0.25, 0.3) is 0 Å². The average Bonchev–Trinajstić information content (AvgIpc) is 3.10. The highest BCUT2D eigenvalue weighted by Gasteiger charge is 2.30. The Kier molecular flexibility index (Phi) is 5.99. The SMILES string of the molecule is O=C(CSc1[nH]c2ccccc2[n+]1Cc1ccccc1)Nc1cccc(C(F)(F)F)c1. The van der Waals surface area contributed by atoms with E-state index in [2.05, 4.69) is 14.9 Å². The molecule has 2 N–H and O–H groups in total. The van der Waals surface area contributed by atoms with Gasteiger partial charge in [-0.2, -0.15) is 13.2 Å². The van der Waals surface area contributed by atoms with Crippen LogP contribution >= 0.6 is 11.8 Å². The molecule has 31 heavy (non-hydrogen) atoms. The molecule has 4 rings (SSSR count). The number of benzene rings is 3. The van der Waals surface area contributed by atoms with Gasteiger partial charge in [-0.1, -0.05) is 48.5 Å². The van der Waals surface area contributed by atoms with E-state index < -0.39 is 11.7 Å². The van der Waals surface area contributed by atoms with Crippen molar-refractivity contribution in [3.05, 3.63) is 90.0 Å². The van der Waals surface area contributed by atoms with Crippen molar-refractivity contribution in [3.8, 4) is 0 Å².